The molecule has 0 radical (unpaired) electrons. The van der Waals surface area contributed by atoms with Gasteiger partial charge in [-0.05, 0) is 36.8 Å². The molecule has 29 heavy (non-hydrogen) atoms. The third-order valence-electron chi connectivity index (χ3n) is 5.30. The maximum atomic E-state index is 12.9. The first-order chi connectivity index (χ1) is 14.0. The lowest BCUT2D eigenvalue weighted by Gasteiger charge is -2.28. The normalized spacial score (nSPS) is 20.6. The van der Waals surface area contributed by atoms with Gasteiger partial charge in [0.2, 0.25) is 0 Å². The van der Waals surface area contributed by atoms with Crippen molar-refractivity contribution in [3.63, 3.8) is 0 Å². The number of likely N-dealkylation sites (N-methyl/N-ethyl adjacent to an activating group) is 1. The molecular weight excluding hydrogens is 370 g/mol. The van der Waals surface area contributed by atoms with E-state index in [-0.39, 0.29) is 11.3 Å². The number of hydrogen-bond donors (Lipinski definition) is 1. The van der Waals surface area contributed by atoms with Crippen LogP contribution in [0.3, 0.4) is 0 Å². The summed E-state index contributed by atoms with van der Waals surface area (Å²) < 4.78 is 5.65. The molecule has 1 aromatic carbocycles. The molecule has 0 bridgehead atoms. The maximum absolute atomic E-state index is 12.9. The van der Waals surface area contributed by atoms with Crippen molar-refractivity contribution in [3.05, 3.63) is 59.4 Å². The van der Waals surface area contributed by atoms with Gasteiger partial charge >= 0.3 is 0 Å². The molecule has 1 unspecified atom stereocenters. The topological polar surface area (TPSA) is 83.0 Å². The predicted molar refractivity (Wildman–Crippen MR) is 109 cm³/mol. The third-order valence-corrected chi connectivity index (χ3v) is 5.30. The minimum atomic E-state index is -0.707. The molecule has 2 aliphatic heterocycles. The lowest BCUT2D eigenvalue weighted by atomic mass is 9.97. The largest absolute Gasteiger partial charge is 0.507 e. The molecule has 1 saturated heterocycles. The molecule has 0 saturated carbocycles. The number of aliphatic hydroxyl groups excluding tert-OH is 1. The summed E-state index contributed by atoms with van der Waals surface area (Å²) in [5.74, 6) is -0.765. The van der Waals surface area contributed by atoms with Crippen LogP contribution in [-0.4, -0.2) is 53.4 Å². The Kier molecular flexibility index (Phi) is 4.96. The number of aliphatic hydroxyl groups is 1. The van der Waals surface area contributed by atoms with Crippen LogP contribution < -0.4 is 9.64 Å². The maximum Gasteiger partial charge on any atom is 0.295 e. The molecular formula is C22H23N3O4. The van der Waals surface area contributed by atoms with E-state index in [1.54, 1.807) is 42.6 Å². The van der Waals surface area contributed by atoms with Gasteiger partial charge < -0.3 is 19.6 Å². The van der Waals surface area contributed by atoms with E-state index in [4.69, 9.17) is 4.74 Å². The van der Waals surface area contributed by atoms with Crippen LogP contribution in [0.5, 0.6) is 5.75 Å². The second-order valence-corrected chi connectivity index (χ2v) is 7.20. The van der Waals surface area contributed by atoms with E-state index < -0.39 is 17.7 Å². The molecule has 7 nitrogen and oxygen atoms in total. The van der Waals surface area contributed by atoms with Crippen molar-refractivity contribution in [2.45, 2.75) is 19.4 Å². The Morgan fingerprint density at radius 1 is 1.28 bits per heavy atom. The fourth-order valence-electron chi connectivity index (χ4n) is 3.85. The molecule has 2 aliphatic rings. The molecule has 2 aromatic rings. The smallest absolute Gasteiger partial charge is 0.295 e. The zero-order valence-electron chi connectivity index (χ0n) is 16.5. The van der Waals surface area contributed by atoms with E-state index in [0.717, 1.165) is 18.0 Å². The van der Waals surface area contributed by atoms with Gasteiger partial charge in [-0.25, -0.2) is 0 Å². The van der Waals surface area contributed by atoms with Gasteiger partial charge in [-0.15, -0.1) is 0 Å². The summed E-state index contributed by atoms with van der Waals surface area (Å²) in [5.41, 5.74) is 1.93. The SMILES string of the molecule is CCCN1C(=O)C(=O)/C(=C(\O)c2ccc3c(c2)N(C)CCO3)C1c1ccccn1. The summed E-state index contributed by atoms with van der Waals surface area (Å²) >= 11 is 0. The molecule has 4 rings (SSSR count). The van der Waals surface area contributed by atoms with Crippen LogP contribution in [0.4, 0.5) is 5.69 Å². The number of carbonyl (C=O) groups is 2. The summed E-state index contributed by atoms with van der Waals surface area (Å²) in [6.07, 6.45) is 2.31. The van der Waals surface area contributed by atoms with E-state index in [9.17, 15) is 14.7 Å². The molecule has 1 amide bonds. The number of amides is 1. The first-order valence-corrected chi connectivity index (χ1v) is 9.70. The van der Waals surface area contributed by atoms with Crippen molar-refractivity contribution < 1.29 is 19.4 Å². The molecule has 1 atom stereocenters. The predicted octanol–water partition coefficient (Wildman–Crippen LogP) is 2.74. The number of anilines is 1. The molecule has 1 aromatic heterocycles. The molecule has 1 N–H and O–H groups in total. The summed E-state index contributed by atoms with van der Waals surface area (Å²) in [6, 6.07) is 9.90. The number of ether oxygens (including phenoxy) is 1. The van der Waals surface area contributed by atoms with Crippen molar-refractivity contribution in [3.8, 4) is 5.75 Å². The molecule has 150 valence electrons. The highest BCUT2D eigenvalue weighted by molar-refractivity contribution is 6.46. The fourth-order valence-corrected chi connectivity index (χ4v) is 3.85. The Bertz CT molecular complexity index is 987. The summed E-state index contributed by atoms with van der Waals surface area (Å²) in [4.78, 5) is 33.4. The average molecular weight is 393 g/mol. The van der Waals surface area contributed by atoms with E-state index in [2.05, 4.69) is 4.98 Å². The number of hydrogen-bond acceptors (Lipinski definition) is 6. The van der Waals surface area contributed by atoms with Crippen LogP contribution in [0.1, 0.15) is 30.6 Å². The zero-order valence-corrected chi connectivity index (χ0v) is 16.5. The second kappa shape index (κ2) is 7.58. The van der Waals surface area contributed by atoms with Gasteiger partial charge in [0, 0.05) is 25.4 Å². The Morgan fingerprint density at radius 3 is 2.83 bits per heavy atom. The number of benzene rings is 1. The molecule has 7 heteroatoms. The Hall–Kier alpha value is -3.35. The molecule has 0 spiro atoms. The number of ketones is 1. The second-order valence-electron chi connectivity index (χ2n) is 7.20. The first kappa shape index (κ1) is 19.0. The van der Waals surface area contributed by atoms with Crippen LogP contribution in [0.2, 0.25) is 0 Å². The lowest BCUT2D eigenvalue weighted by Crippen LogP contribution is -2.30. The molecule has 3 heterocycles. The number of likely N-dealkylation sites (tertiary alicyclic amines) is 1. The van der Waals surface area contributed by atoms with Crippen LogP contribution in [0, 0.1) is 0 Å². The van der Waals surface area contributed by atoms with Gasteiger partial charge in [0.1, 0.15) is 24.2 Å². The number of carbonyl (C=O) groups excluding carboxylic acids is 2. The van der Waals surface area contributed by atoms with E-state index in [1.165, 1.54) is 4.90 Å². The van der Waals surface area contributed by atoms with Gasteiger partial charge in [0.25, 0.3) is 11.7 Å². The standard InChI is InChI=1S/C22H23N3O4/c1-3-10-25-19(15-6-4-5-9-23-15)18(21(27)22(25)28)20(26)14-7-8-17-16(13-14)24(2)11-12-29-17/h4-9,13,19,26H,3,10-12H2,1-2H3/b20-18-. The summed E-state index contributed by atoms with van der Waals surface area (Å²) in [7, 11) is 1.94. The Balaban J connectivity index is 1.85. The van der Waals surface area contributed by atoms with Gasteiger partial charge in [0.05, 0.1) is 23.5 Å². The van der Waals surface area contributed by atoms with Gasteiger partial charge in [-0.1, -0.05) is 13.0 Å². The lowest BCUT2D eigenvalue weighted by molar-refractivity contribution is -0.139. The van der Waals surface area contributed by atoms with Gasteiger partial charge in [-0.3, -0.25) is 14.6 Å². The minimum Gasteiger partial charge on any atom is -0.507 e. The quantitative estimate of drug-likeness (QED) is 0.489. The Morgan fingerprint density at radius 2 is 2.10 bits per heavy atom. The van der Waals surface area contributed by atoms with Crippen molar-refractivity contribution in [2.75, 3.05) is 31.6 Å². The number of fused-ring (bicyclic) bond motifs is 1. The van der Waals surface area contributed by atoms with E-state index >= 15 is 0 Å². The number of nitrogens with zero attached hydrogens (tertiary/aromatic N) is 3. The third kappa shape index (κ3) is 3.22. The average Bonchev–Trinajstić information content (AvgIpc) is 2.99. The van der Waals surface area contributed by atoms with Crippen LogP contribution in [0.15, 0.2) is 48.2 Å². The van der Waals surface area contributed by atoms with Crippen LogP contribution >= 0.6 is 0 Å². The van der Waals surface area contributed by atoms with Crippen molar-refractivity contribution in [2.24, 2.45) is 0 Å². The monoisotopic (exact) mass is 393 g/mol. The van der Waals surface area contributed by atoms with Crippen molar-refractivity contribution in [1.82, 2.24) is 9.88 Å². The van der Waals surface area contributed by atoms with Crippen LogP contribution in [0.25, 0.3) is 5.76 Å². The summed E-state index contributed by atoms with van der Waals surface area (Å²) in [6.45, 7) is 3.67. The van der Waals surface area contributed by atoms with Gasteiger partial charge in [-0.2, -0.15) is 0 Å². The number of aromatic nitrogens is 1. The Labute approximate surface area is 169 Å². The van der Waals surface area contributed by atoms with E-state index in [1.807, 2.05) is 18.9 Å². The highest BCUT2D eigenvalue weighted by Gasteiger charge is 2.46. The van der Waals surface area contributed by atoms with E-state index in [0.29, 0.717) is 30.8 Å². The first-order valence-electron chi connectivity index (χ1n) is 9.70. The zero-order chi connectivity index (χ0) is 20.5. The molecule has 1 fully saturated rings. The van der Waals surface area contributed by atoms with Crippen molar-refractivity contribution in [1.29, 1.82) is 0 Å². The molecule has 0 aliphatic carbocycles. The minimum absolute atomic E-state index is 0.0708. The highest BCUT2D eigenvalue weighted by atomic mass is 16.5. The van der Waals surface area contributed by atoms with Crippen molar-refractivity contribution >= 4 is 23.1 Å². The fraction of sp³-hybridized carbons (Fsp3) is 0.318. The number of rotatable bonds is 4. The number of pyridine rings is 1. The number of Topliss-reactive ketones (excluding diaryl/α,β-unsaturated/α-hetero) is 1. The van der Waals surface area contributed by atoms with Gasteiger partial charge in [0.15, 0.2) is 0 Å². The highest BCUT2D eigenvalue weighted by Crippen LogP contribution is 2.40. The summed E-state index contributed by atoms with van der Waals surface area (Å²) in [5, 5.41) is 11.1. The van der Waals surface area contributed by atoms with Crippen LogP contribution in [-0.2, 0) is 9.59 Å².